The Morgan fingerprint density at radius 3 is 1.41 bits per heavy atom. The summed E-state index contributed by atoms with van der Waals surface area (Å²) in [5.74, 6) is 0.776. The SMILES string of the molecule is CC(C)(C)OC(=O)Cc1cc(CC(C)(C)Oc2ccc(N)c3ccccc23)ccn1.CC(C)(C)OC(=O)Cc1cc(CC(C)(C)Oc2ccc([N+](=O)[O-])c3ccccc23)ccn1.[CH3-].[Pt]. The molecule has 0 saturated carbocycles. The van der Waals surface area contributed by atoms with Gasteiger partial charge in [-0.3, -0.25) is 29.7 Å². The van der Waals surface area contributed by atoms with Crippen LogP contribution in [-0.2, 0) is 65.8 Å². The molecule has 4 aromatic carbocycles. The third-order valence-electron chi connectivity index (χ3n) is 9.26. The maximum Gasteiger partial charge on any atom is 0.312 e. The number of nitro groups is 1. The normalized spacial score (nSPS) is 11.6. The molecule has 0 aliphatic rings. The van der Waals surface area contributed by atoms with Crippen molar-refractivity contribution in [3.05, 3.63) is 150 Å². The van der Waals surface area contributed by atoms with Gasteiger partial charge in [0.2, 0.25) is 0 Å². The van der Waals surface area contributed by atoms with E-state index >= 15 is 0 Å². The van der Waals surface area contributed by atoms with Crippen LogP contribution in [0.3, 0.4) is 0 Å². The van der Waals surface area contributed by atoms with E-state index in [4.69, 9.17) is 24.7 Å². The Morgan fingerprint density at radius 2 is 0.984 bits per heavy atom. The van der Waals surface area contributed by atoms with Gasteiger partial charge in [-0.05, 0) is 129 Å². The van der Waals surface area contributed by atoms with E-state index in [0.717, 1.165) is 33.3 Å². The number of anilines is 1. The molecule has 6 aromatic rings. The van der Waals surface area contributed by atoms with Gasteiger partial charge in [-0.2, -0.15) is 0 Å². The van der Waals surface area contributed by atoms with Gasteiger partial charge in [-0.25, -0.2) is 0 Å². The fraction of sp³-hybridized carbons (Fsp3) is 0.353. The molecule has 6 rings (SSSR count). The Balaban J connectivity index is 0.000000331. The zero-order valence-corrected chi connectivity index (χ0v) is 41.0. The van der Waals surface area contributed by atoms with Crippen LogP contribution in [0, 0.1) is 17.5 Å². The van der Waals surface area contributed by atoms with Gasteiger partial charge < -0.3 is 32.1 Å². The van der Waals surface area contributed by atoms with Gasteiger partial charge in [0.15, 0.2) is 0 Å². The van der Waals surface area contributed by atoms with Crippen molar-refractivity contribution < 1.29 is 54.5 Å². The van der Waals surface area contributed by atoms with Crippen LogP contribution in [0.15, 0.2) is 109 Å². The third-order valence-corrected chi connectivity index (χ3v) is 9.26. The van der Waals surface area contributed by atoms with Crippen LogP contribution in [0.5, 0.6) is 11.5 Å². The summed E-state index contributed by atoms with van der Waals surface area (Å²) >= 11 is 0. The molecular weight excluding hydrogens is 992 g/mol. The van der Waals surface area contributed by atoms with Gasteiger partial charge in [-0.15, -0.1) is 0 Å². The van der Waals surface area contributed by atoms with Crippen molar-refractivity contribution in [2.45, 2.75) is 117 Å². The Bertz CT molecular complexity index is 2560. The molecule has 0 atom stereocenters. The van der Waals surface area contributed by atoms with Crippen molar-refractivity contribution in [3.8, 4) is 11.5 Å². The van der Waals surface area contributed by atoms with Gasteiger partial charge in [0.1, 0.15) is 33.9 Å². The quantitative estimate of drug-likeness (QED) is 0.0384. The second kappa shape index (κ2) is 21.7. The van der Waals surface area contributed by atoms with E-state index in [1.54, 1.807) is 30.6 Å². The zero-order chi connectivity index (χ0) is 45.5. The summed E-state index contributed by atoms with van der Waals surface area (Å²) in [6.45, 7) is 19.1. The number of nitrogens with zero attached hydrogens (tertiary/aromatic N) is 3. The molecule has 64 heavy (non-hydrogen) atoms. The van der Waals surface area contributed by atoms with Gasteiger partial charge >= 0.3 is 11.9 Å². The van der Waals surface area contributed by atoms with Crippen molar-refractivity contribution in [2.24, 2.45) is 0 Å². The number of fused-ring (bicyclic) bond motifs is 2. The number of nitrogen functional groups attached to an aromatic ring is 1. The predicted octanol–water partition coefficient (Wildman–Crippen LogP) is 11.0. The molecule has 13 heteroatoms. The Morgan fingerprint density at radius 1 is 0.594 bits per heavy atom. The molecule has 0 saturated heterocycles. The molecule has 2 aromatic heterocycles. The van der Waals surface area contributed by atoms with Crippen LogP contribution in [0.2, 0.25) is 0 Å². The van der Waals surface area contributed by atoms with E-state index < -0.39 is 22.4 Å². The summed E-state index contributed by atoms with van der Waals surface area (Å²) in [7, 11) is 0. The van der Waals surface area contributed by atoms with Gasteiger partial charge in [0.25, 0.3) is 5.69 Å². The molecule has 0 amide bonds. The standard InChI is InChI=1S/C25H28N2O5.C25H30N2O3.CH3.Pt/c1-24(2,3)32-23(28)15-18-14-17(12-13-26-18)16-25(4,5)31-22-11-10-21(27(29)30)19-8-6-7-9-20(19)22;1-24(2,3)30-23(28)15-18-14-17(12-13-27-18)16-25(4,5)29-22-11-10-21(26)19-8-6-7-9-20(19)22;;/h6-14H,15-16H2,1-5H3;6-14H,15-16,26H2,1-5H3;1H3;/q;;-1;. The van der Waals surface area contributed by atoms with Crippen LogP contribution in [0.4, 0.5) is 11.4 Å². The van der Waals surface area contributed by atoms with Gasteiger partial charge in [0.05, 0.1) is 34.5 Å². The van der Waals surface area contributed by atoms with E-state index in [0.29, 0.717) is 40.8 Å². The molecule has 0 unspecified atom stereocenters. The number of carbonyl (C=O) groups is 2. The Hall–Kier alpha value is -5.87. The molecule has 0 aliphatic carbocycles. The first-order valence-corrected chi connectivity index (χ1v) is 20.6. The number of carbonyl (C=O) groups excluding carboxylic acids is 2. The van der Waals surface area contributed by atoms with Crippen molar-refractivity contribution in [1.82, 2.24) is 9.97 Å². The second-order valence-electron chi connectivity index (χ2n) is 18.5. The summed E-state index contributed by atoms with van der Waals surface area (Å²) in [6, 6.07) is 29.7. The first-order valence-electron chi connectivity index (χ1n) is 20.6. The average molecular weight is 1050 g/mol. The molecule has 12 nitrogen and oxygen atoms in total. The maximum absolute atomic E-state index is 12.1. The molecule has 0 fully saturated rings. The Kier molecular flexibility index (Phi) is 17.8. The van der Waals surface area contributed by atoms with Gasteiger partial charge in [0, 0.05) is 74.2 Å². The van der Waals surface area contributed by atoms with Crippen molar-refractivity contribution in [3.63, 3.8) is 0 Å². The van der Waals surface area contributed by atoms with Crippen LogP contribution in [0.25, 0.3) is 21.5 Å². The summed E-state index contributed by atoms with van der Waals surface area (Å²) < 4.78 is 23.5. The minimum absolute atomic E-state index is 0. The molecule has 0 radical (unpaired) electrons. The van der Waals surface area contributed by atoms with Crippen LogP contribution < -0.4 is 15.2 Å². The molecule has 2 heterocycles. The smallest absolute Gasteiger partial charge is 0.312 e. The maximum atomic E-state index is 12.1. The summed E-state index contributed by atoms with van der Waals surface area (Å²) in [6.07, 6.45) is 4.86. The summed E-state index contributed by atoms with van der Waals surface area (Å²) in [5, 5.41) is 14.6. The fourth-order valence-corrected chi connectivity index (χ4v) is 7.06. The third kappa shape index (κ3) is 15.7. The molecular formula is C51H61N4O8Pt-. The number of nitro benzene ring substituents is 1. The van der Waals surface area contributed by atoms with Crippen molar-refractivity contribution in [1.29, 1.82) is 0 Å². The number of rotatable bonds is 13. The van der Waals surface area contributed by atoms with E-state index in [-0.39, 0.29) is 63.9 Å². The van der Waals surface area contributed by atoms with Crippen molar-refractivity contribution >= 4 is 44.9 Å². The minimum atomic E-state index is -0.608. The summed E-state index contributed by atoms with van der Waals surface area (Å²) in [5.41, 5.74) is 8.10. The van der Waals surface area contributed by atoms with Crippen LogP contribution >= 0.6 is 0 Å². The molecule has 0 spiro atoms. The molecule has 344 valence electrons. The van der Waals surface area contributed by atoms with Crippen LogP contribution in [-0.4, -0.2) is 49.2 Å². The minimum Gasteiger partial charge on any atom is -0.487 e. The fourth-order valence-electron chi connectivity index (χ4n) is 7.06. The van der Waals surface area contributed by atoms with Crippen LogP contribution in [0.1, 0.15) is 91.8 Å². The second-order valence-corrected chi connectivity index (χ2v) is 18.5. The first-order chi connectivity index (χ1) is 29.0. The largest absolute Gasteiger partial charge is 0.487 e. The van der Waals surface area contributed by atoms with E-state index in [1.807, 2.05) is 142 Å². The summed E-state index contributed by atoms with van der Waals surface area (Å²) in [4.78, 5) is 43.8. The monoisotopic (exact) mass is 1050 g/mol. The molecule has 0 bridgehead atoms. The van der Waals surface area contributed by atoms with E-state index in [2.05, 4.69) is 9.97 Å². The molecule has 2 N–H and O–H groups in total. The van der Waals surface area contributed by atoms with Crippen molar-refractivity contribution in [2.75, 3.05) is 5.73 Å². The van der Waals surface area contributed by atoms with Gasteiger partial charge in [-0.1, -0.05) is 42.5 Å². The molecule has 0 aliphatic heterocycles. The number of aromatic nitrogens is 2. The first kappa shape index (κ1) is 52.5. The number of ether oxygens (including phenoxy) is 4. The predicted molar refractivity (Wildman–Crippen MR) is 250 cm³/mol. The average Bonchev–Trinajstić information content (AvgIpc) is 3.14. The zero-order valence-electron chi connectivity index (χ0n) is 38.7. The van der Waals surface area contributed by atoms with E-state index in [9.17, 15) is 19.7 Å². The number of pyridine rings is 2. The number of hydrogen-bond acceptors (Lipinski definition) is 11. The van der Waals surface area contributed by atoms with E-state index in [1.165, 1.54) is 6.07 Å². The Labute approximate surface area is 391 Å². The number of esters is 2. The number of hydrogen-bond donors (Lipinski definition) is 1. The number of nitrogens with two attached hydrogens (primary N) is 1. The number of non-ortho nitro benzene ring substituents is 1. The number of benzene rings is 4. The topological polar surface area (TPSA) is 166 Å².